The van der Waals surface area contributed by atoms with Gasteiger partial charge in [0.05, 0.1) is 36.6 Å². The Hall–Kier alpha value is -1.37. The number of anilines is 1. The van der Waals surface area contributed by atoms with Crippen molar-refractivity contribution in [1.82, 2.24) is 4.98 Å². The molecule has 5 nitrogen and oxygen atoms in total. The van der Waals surface area contributed by atoms with E-state index in [1.54, 1.807) is 18.4 Å². The predicted octanol–water partition coefficient (Wildman–Crippen LogP) is 2.77. The lowest BCUT2D eigenvalue weighted by atomic mass is 10.3. The SMILES string of the molecule is CCOc1ccc2nc(NCCOCCOC)sc2c1. The van der Waals surface area contributed by atoms with Crippen LogP contribution in [0, 0.1) is 0 Å². The van der Waals surface area contributed by atoms with Gasteiger partial charge in [0.1, 0.15) is 5.75 Å². The zero-order valence-electron chi connectivity index (χ0n) is 11.8. The Labute approximate surface area is 122 Å². The second-order valence-electron chi connectivity index (χ2n) is 4.11. The maximum absolute atomic E-state index is 5.49. The number of methoxy groups -OCH3 is 1. The van der Waals surface area contributed by atoms with E-state index in [0.717, 1.165) is 27.6 Å². The third kappa shape index (κ3) is 4.33. The van der Waals surface area contributed by atoms with Crippen molar-refractivity contribution in [2.24, 2.45) is 0 Å². The predicted molar refractivity (Wildman–Crippen MR) is 82.0 cm³/mol. The Balaban J connectivity index is 1.84. The van der Waals surface area contributed by atoms with Crippen LogP contribution in [0.15, 0.2) is 18.2 Å². The topological polar surface area (TPSA) is 52.6 Å². The average molecular weight is 296 g/mol. The van der Waals surface area contributed by atoms with Crippen molar-refractivity contribution in [2.75, 3.05) is 45.4 Å². The number of ether oxygens (including phenoxy) is 3. The molecule has 0 radical (unpaired) electrons. The molecule has 0 saturated carbocycles. The van der Waals surface area contributed by atoms with Crippen LogP contribution in [0.5, 0.6) is 5.75 Å². The van der Waals surface area contributed by atoms with Gasteiger partial charge in [-0.1, -0.05) is 11.3 Å². The van der Waals surface area contributed by atoms with Crippen molar-refractivity contribution in [3.63, 3.8) is 0 Å². The molecule has 0 spiro atoms. The van der Waals surface area contributed by atoms with Crippen molar-refractivity contribution >= 4 is 26.7 Å². The first-order valence-electron chi connectivity index (χ1n) is 6.67. The van der Waals surface area contributed by atoms with Crippen LogP contribution in [0.1, 0.15) is 6.92 Å². The Morgan fingerprint density at radius 1 is 1.25 bits per heavy atom. The number of rotatable bonds is 9. The minimum atomic E-state index is 0.621. The van der Waals surface area contributed by atoms with Crippen molar-refractivity contribution < 1.29 is 14.2 Å². The number of fused-ring (bicyclic) bond motifs is 1. The minimum Gasteiger partial charge on any atom is -0.494 e. The Kier molecular flexibility index (Phi) is 6.04. The molecule has 2 aromatic rings. The van der Waals surface area contributed by atoms with Crippen LogP contribution in [0.25, 0.3) is 10.2 Å². The van der Waals surface area contributed by atoms with Crippen LogP contribution in [0.3, 0.4) is 0 Å². The molecule has 1 heterocycles. The zero-order chi connectivity index (χ0) is 14.2. The van der Waals surface area contributed by atoms with Gasteiger partial charge < -0.3 is 19.5 Å². The molecule has 0 atom stereocenters. The van der Waals surface area contributed by atoms with Crippen LogP contribution in [0.4, 0.5) is 5.13 Å². The Morgan fingerprint density at radius 2 is 2.15 bits per heavy atom. The van der Waals surface area contributed by atoms with Gasteiger partial charge in [0.15, 0.2) is 5.13 Å². The monoisotopic (exact) mass is 296 g/mol. The number of nitrogens with zero attached hydrogens (tertiary/aromatic N) is 1. The van der Waals surface area contributed by atoms with E-state index in [0.29, 0.717) is 26.4 Å². The van der Waals surface area contributed by atoms with Gasteiger partial charge >= 0.3 is 0 Å². The van der Waals surface area contributed by atoms with E-state index in [9.17, 15) is 0 Å². The fourth-order valence-electron chi connectivity index (χ4n) is 1.71. The third-order valence-corrected chi connectivity index (χ3v) is 3.60. The summed E-state index contributed by atoms with van der Waals surface area (Å²) >= 11 is 1.62. The van der Waals surface area contributed by atoms with E-state index in [-0.39, 0.29) is 0 Å². The lowest BCUT2D eigenvalue weighted by Gasteiger charge is -2.03. The molecule has 6 heteroatoms. The van der Waals surface area contributed by atoms with E-state index >= 15 is 0 Å². The summed E-state index contributed by atoms with van der Waals surface area (Å²) < 4.78 is 16.9. The van der Waals surface area contributed by atoms with E-state index in [4.69, 9.17) is 14.2 Å². The highest BCUT2D eigenvalue weighted by Gasteiger charge is 2.04. The van der Waals surface area contributed by atoms with Crippen LogP contribution < -0.4 is 10.1 Å². The van der Waals surface area contributed by atoms with Gasteiger partial charge in [0.2, 0.25) is 0 Å². The fourth-order valence-corrected chi connectivity index (χ4v) is 2.63. The molecule has 2 rings (SSSR count). The van der Waals surface area contributed by atoms with Crippen molar-refractivity contribution in [2.45, 2.75) is 6.92 Å². The molecule has 0 unspecified atom stereocenters. The summed E-state index contributed by atoms with van der Waals surface area (Å²) in [6.07, 6.45) is 0. The molecule has 0 saturated heterocycles. The van der Waals surface area contributed by atoms with Gasteiger partial charge in [0, 0.05) is 13.7 Å². The van der Waals surface area contributed by atoms with Gasteiger partial charge in [-0.3, -0.25) is 0 Å². The highest BCUT2D eigenvalue weighted by molar-refractivity contribution is 7.22. The molecular weight excluding hydrogens is 276 g/mol. The Morgan fingerprint density at radius 3 is 2.95 bits per heavy atom. The summed E-state index contributed by atoms with van der Waals surface area (Å²) in [4.78, 5) is 4.52. The lowest BCUT2D eigenvalue weighted by Crippen LogP contribution is -2.11. The van der Waals surface area contributed by atoms with Crippen molar-refractivity contribution in [3.8, 4) is 5.75 Å². The largest absolute Gasteiger partial charge is 0.494 e. The highest BCUT2D eigenvalue weighted by atomic mass is 32.1. The van der Waals surface area contributed by atoms with Crippen LogP contribution in [-0.2, 0) is 9.47 Å². The normalized spacial score (nSPS) is 10.9. The number of thiazole rings is 1. The van der Waals surface area contributed by atoms with Gasteiger partial charge in [-0.2, -0.15) is 0 Å². The summed E-state index contributed by atoms with van der Waals surface area (Å²) in [6.45, 7) is 5.28. The number of hydrogen-bond donors (Lipinski definition) is 1. The minimum absolute atomic E-state index is 0.621. The molecule has 0 bridgehead atoms. The fraction of sp³-hybridized carbons (Fsp3) is 0.500. The van der Waals surface area contributed by atoms with Gasteiger partial charge in [-0.05, 0) is 25.1 Å². The van der Waals surface area contributed by atoms with Gasteiger partial charge in [0.25, 0.3) is 0 Å². The number of aromatic nitrogens is 1. The third-order valence-electron chi connectivity index (χ3n) is 2.63. The Bertz CT molecular complexity index is 530. The maximum atomic E-state index is 5.49. The van der Waals surface area contributed by atoms with E-state index in [2.05, 4.69) is 10.3 Å². The number of nitrogens with one attached hydrogen (secondary N) is 1. The molecule has 20 heavy (non-hydrogen) atoms. The van der Waals surface area contributed by atoms with Crippen LogP contribution in [0.2, 0.25) is 0 Å². The zero-order valence-corrected chi connectivity index (χ0v) is 12.7. The molecule has 1 aromatic heterocycles. The summed E-state index contributed by atoms with van der Waals surface area (Å²) in [6, 6.07) is 5.96. The van der Waals surface area contributed by atoms with E-state index in [1.165, 1.54) is 0 Å². The second-order valence-corrected chi connectivity index (χ2v) is 5.14. The first-order chi connectivity index (χ1) is 9.83. The standard InChI is InChI=1S/C14H20N2O3S/c1-3-19-11-4-5-12-13(10-11)20-14(16-12)15-6-7-18-9-8-17-2/h4-5,10H,3,6-9H2,1-2H3,(H,15,16). The highest BCUT2D eigenvalue weighted by Crippen LogP contribution is 2.29. The first-order valence-corrected chi connectivity index (χ1v) is 7.49. The summed E-state index contributed by atoms with van der Waals surface area (Å²) in [7, 11) is 1.67. The lowest BCUT2D eigenvalue weighted by molar-refractivity contribution is 0.0759. The first kappa shape index (κ1) is 15.0. The summed E-state index contributed by atoms with van der Waals surface area (Å²) in [5, 5.41) is 4.17. The van der Waals surface area contributed by atoms with E-state index in [1.807, 2.05) is 25.1 Å². The van der Waals surface area contributed by atoms with Crippen LogP contribution >= 0.6 is 11.3 Å². The molecule has 0 aliphatic carbocycles. The summed E-state index contributed by atoms with van der Waals surface area (Å²) in [5.74, 6) is 0.887. The molecule has 0 aliphatic heterocycles. The molecule has 1 aromatic carbocycles. The van der Waals surface area contributed by atoms with Gasteiger partial charge in [-0.25, -0.2) is 4.98 Å². The van der Waals surface area contributed by atoms with E-state index < -0.39 is 0 Å². The second kappa shape index (κ2) is 8.04. The molecule has 0 aliphatic rings. The average Bonchev–Trinajstić information content (AvgIpc) is 2.85. The molecule has 110 valence electrons. The quantitative estimate of drug-likeness (QED) is 0.721. The maximum Gasteiger partial charge on any atom is 0.183 e. The molecule has 1 N–H and O–H groups in total. The van der Waals surface area contributed by atoms with Crippen LogP contribution in [-0.4, -0.2) is 45.1 Å². The number of hydrogen-bond acceptors (Lipinski definition) is 6. The molecular formula is C14H20N2O3S. The van der Waals surface area contributed by atoms with Crippen molar-refractivity contribution in [3.05, 3.63) is 18.2 Å². The smallest absolute Gasteiger partial charge is 0.183 e. The molecule has 0 fully saturated rings. The molecule has 0 amide bonds. The number of benzene rings is 1. The van der Waals surface area contributed by atoms with Crippen molar-refractivity contribution in [1.29, 1.82) is 0 Å². The summed E-state index contributed by atoms with van der Waals surface area (Å²) in [5.41, 5.74) is 0.987. The van der Waals surface area contributed by atoms with Gasteiger partial charge in [-0.15, -0.1) is 0 Å².